The van der Waals surface area contributed by atoms with Gasteiger partial charge in [0.15, 0.2) is 0 Å². The Hall–Kier alpha value is -3.04. The molecule has 0 spiro atoms. The van der Waals surface area contributed by atoms with Crippen LogP contribution in [0.1, 0.15) is 49.3 Å². The second kappa shape index (κ2) is 9.31. The first-order valence-corrected chi connectivity index (χ1v) is 12.5. The van der Waals surface area contributed by atoms with E-state index in [4.69, 9.17) is 4.74 Å². The van der Waals surface area contributed by atoms with Gasteiger partial charge in [-0.1, -0.05) is 78.9 Å². The summed E-state index contributed by atoms with van der Waals surface area (Å²) < 4.78 is 5.79. The van der Waals surface area contributed by atoms with Crippen molar-refractivity contribution in [3.05, 3.63) is 102 Å². The van der Waals surface area contributed by atoms with Gasteiger partial charge < -0.3 is 10.1 Å². The van der Waals surface area contributed by atoms with E-state index in [9.17, 15) is 0 Å². The van der Waals surface area contributed by atoms with E-state index < -0.39 is 0 Å². The Morgan fingerprint density at radius 3 is 2.09 bits per heavy atom. The van der Waals surface area contributed by atoms with Crippen LogP contribution >= 0.6 is 0 Å². The topological polar surface area (TPSA) is 24.5 Å². The van der Waals surface area contributed by atoms with E-state index in [0.717, 1.165) is 35.7 Å². The number of hydrogen-bond acceptors (Lipinski definition) is 3. The van der Waals surface area contributed by atoms with Crippen molar-refractivity contribution in [2.24, 2.45) is 5.92 Å². The molecular formula is C31H36N2O. The molecule has 2 bridgehead atoms. The van der Waals surface area contributed by atoms with Crippen molar-refractivity contribution in [3.63, 3.8) is 0 Å². The second-order valence-corrected chi connectivity index (χ2v) is 10.1. The van der Waals surface area contributed by atoms with E-state index in [-0.39, 0.29) is 17.5 Å². The zero-order valence-electron chi connectivity index (χ0n) is 20.6. The Morgan fingerprint density at radius 2 is 1.56 bits per heavy atom. The zero-order valence-corrected chi connectivity index (χ0v) is 20.6. The lowest BCUT2D eigenvalue weighted by Crippen LogP contribution is -2.70. The van der Waals surface area contributed by atoms with Crippen LogP contribution in [0.15, 0.2) is 85.4 Å². The van der Waals surface area contributed by atoms with Gasteiger partial charge in [0, 0.05) is 17.5 Å². The number of nitrogens with one attached hydrogen (secondary N) is 1. The van der Waals surface area contributed by atoms with Gasteiger partial charge in [0.05, 0.1) is 12.8 Å². The van der Waals surface area contributed by atoms with Crippen LogP contribution in [-0.2, 0) is 0 Å². The third-order valence-electron chi connectivity index (χ3n) is 8.18. The van der Waals surface area contributed by atoms with E-state index >= 15 is 0 Å². The Bertz CT molecular complexity index is 1100. The normalized spacial score (nSPS) is 25.8. The minimum absolute atomic E-state index is 0.0892. The highest BCUT2D eigenvalue weighted by molar-refractivity contribution is 5.70. The average Bonchev–Trinajstić information content (AvgIpc) is 2.88. The van der Waals surface area contributed by atoms with Gasteiger partial charge in [0.25, 0.3) is 0 Å². The average molecular weight is 453 g/mol. The van der Waals surface area contributed by atoms with Crippen LogP contribution in [0.2, 0.25) is 0 Å². The maximum atomic E-state index is 5.79. The molecule has 3 heteroatoms. The third-order valence-corrected chi connectivity index (χ3v) is 8.18. The molecule has 6 rings (SSSR count). The van der Waals surface area contributed by atoms with Crippen molar-refractivity contribution < 1.29 is 4.74 Å². The van der Waals surface area contributed by atoms with Gasteiger partial charge in [-0.2, -0.15) is 0 Å². The minimum atomic E-state index is -0.0892. The lowest BCUT2D eigenvalue weighted by Gasteiger charge is -2.61. The first-order valence-electron chi connectivity index (χ1n) is 12.5. The van der Waals surface area contributed by atoms with Crippen LogP contribution in [-0.4, -0.2) is 36.7 Å². The molecule has 3 fully saturated rings. The summed E-state index contributed by atoms with van der Waals surface area (Å²) in [5.74, 6) is 1.76. The summed E-state index contributed by atoms with van der Waals surface area (Å²) >= 11 is 0. The summed E-state index contributed by atoms with van der Waals surface area (Å²) in [5, 5.41) is 4.03. The van der Waals surface area contributed by atoms with Crippen molar-refractivity contribution in [1.29, 1.82) is 0 Å². The van der Waals surface area contributed by atoms with E-state index in [1.165, 1.54) is 24.0 Å². The molecule has 0 aliphatic carbocycles. The number of piperidine rings is 3. The molecule has 2 atom stereocenters. The van der Waals surface area contributed by atoms with E-state index in [2.05, 4.69) is 110 Å². The first-order chi connectivity index (χ1) is 16.5. The molecule has 3 saturated heterocycles. The highest BCUT2D eigenvalue weighted by Gasteiger charge is 2.55. The molecule has 3 nitrogen and oxygen atoms in total. The Kier molecular flexibility index (Phi) is 6.22. The van der Waals surface area contributed by atoms with Gasteiger partial charge in [-0.25, -0.2) is 0 Å². The number of rotatable bonds is 7. The van der Waals surface area contributed by atoms with Crippen molar-refractivity contribution in [3.8, 4) is 5.75 Å². The number of fused-ring (bicyclic) bond motifs is 3. The van der Waals surface area contributed by atoms with E-state index in [0.29, 0.717) is 5.92 Å². The number of anilines is 1. The Balaban J connectivity index is 1.63. The van der Waals surface area contributed by atoms with Crippen LogP contribution in [0.3, 0.4) is 0 Å². The number of allylic oxidation sites excluding steroid dienone is 1. The highest BCUT2D eigenvalue weighted by Crippen LogP contribution is 2.51. The molecule has 3 aromatic carbocycles. The number of ether oxygens (including phenoxy) is 1. The van der Waals surface area contributed by atoms with Crippen LogP contribution in [0.5, 0.6) is 5.75 Å². The molecule has 3 aromatic rings. The molecule has 0 unspecified atom stereocenters. The highest BCUT2D eigenvalue weighted by atomic mass is 16.5. The Labute approximate surface area is 204 Å². The Morgan fingerprint density at radius 1 is 0.971 bits per heavy atom. The number of nitrogens with zero attached hydrogens (tertiary/aromatic N) is 1. The van der Waals surface area contributed by atoms with Crippen LogP contribution in [0.25, 0.3) is 5.57 Å². The molecule has 0 amide bonds. The number of benzene rings is 3. The van der Waals surface area contributed by atoms with Gasteiger partial charge in [-0.3, -0.25) is 4.90 Å². The number of methoxy groups -OCH3 is 1. The molecule has 0 radical (unpaired) electrons. The fourth-order valence-electron chi connectivity index (χ4n) is 6.43. The van der Waals surface area contributed by atoms with Gasteiger partial charge in [0.2, 0.25) is 0 Å². The summed E-state index contributed by atoms with van der Waals surface area (Å²) in [5.41, 5.74) is 5.93. The predicted octanol–water partition coefficient (Wildman–Crippen LogP) is 6.83. The summed E-state index contributed by atoms with van der Waals surface area (Å²) in [6.45, 7) is 11.0. The minimum Gasteiger partial charge on any atom is -0.495 e. The summed E-state index contributed by atoms with van der Waals surface area (Å²) in [6, 6.07) is 28.8. The standard InChI is InChI=1S/C31H36N2O/c1-22(2)26-15-16-28(34-4)27(21-26)32-30-25-17-19-33(20-18-25)31(30,3)29(23-11-7-5-8-12-23)24-13-9-6-10-14-24/h5-16,21,25,29-30,32H,1,17-20H2,2-4H3/t30-,31-/m0/s1. The lowest BCUT2D eigenvalue weighted by molar-refractivity contribution is -0.0401. The SMILES string of the molecule is C=C(C)c1ccc(OC)c(N[C@H]2C3CCN(CC3)[C@@]2(C)C(c2ccccc2)c2ccccc2)c1. The first kappa shape index (κ1) is 22.7. The summed E-state index contributed by atoms with van der Waals surface area (Å²) in [4.78, 5) is 2.74. The van der Waals surface area contributed by atoms with Crippen molar-refractivity contribution >= 4 is 11.3 Å². The summed E-state index contributed by atoms with van der Waals surface area (Å²) in [7, 11) is 1.76. The van der Waals surface area contributed by atoms with Crippen molar-refractivity contribution in [2.75, 3.05) is 25.5 Å². The van der Waals surface area contributed by atoms with Crippen LogP contribution in [0.4, 0.5) is 5.69 Å². The van der Waals surface area contributed by atoms with Crippen LogP contribution in [0, 0.1) is 5.92 Å². The molecule has 0 aromatic heterocycles. The lowest BCUT2D eigenvalue weighted by atomic mass is 9.62. The maximum Gasteiger partial charge on any atom is 0.141 e. The summed E-state index contributed by atoms with van der Waals surface area (Å²) in [6.07, 6.45) is 2.46. The second-order valence-electron chi connectivity index (χ2n) is 10.1. The quantitative estimate of drug-likeness (QED) is 0.425. The van der Waals surface area contributed by atoms with Crippen molar-refractivity contribution in [1.82, 2.24) is 4.90 Å². The number of hydrogen-bond donors (Lipinski definition) is 1. The van der Waals surface area contributed by atoms with Gasteiger partial charge >= 0.3 is 0 Å². The van der Waals surface area contributed by atoms with Gasteiger partial charge in [-0.05, 0) is 74.5 Å². The van der Waals surface area contributed by atoms with Gasteiger partial charge in [-0.15, -0.1) is 0 Å². The molecule has 3 aliphatic rings. The molecule has 34 heavy (non-hydrogen) atoms. The monoisotopic (exact) mass is 452 g/mol. The van der Waals surface area contributed by atoms with Crippen molar-refractivity contribution in [2.45, 2.75) is 44.2 Å². The predicted molar refractivity (Wildman–Crippen MR) is 143 cm³/mol. The largest absolute Gasteiger partial charge is 0.495 e. The molecular weight excluding hydrogens is 416 g/mol. The third kappa shape index (κ3) is 3.92. The fourth-order valence-corrected chi connectivity index (χ4v) is 6.43. The zero-order chi connectivity index (χ0) is 23.7. The van der Waals surface area contributed by atoms with Gasteiger partial charge in [0.1, 0.15) is 5.75 Å². The van der Waals surface area contributed by atoms with E-state index in [1.54, 1.807) is 7.11 Å². The molecule has 0 saturated carbocycles. The molecule has 176 valence electrons. The van der Waals surface area contributed by atoms with Crippen LogP contribution < -0.4 is 10.1 Å². The molecule has 3 heterocycles. The maximum absolute atomic E-state index is 5.79. The molecule has 1 N–H and O–H groups in total. The fraction of sp³-hybridized carbons (Fsp3) is 0.355. The van der Waals surface area contributed by atoms with E-state index in [1.807, 2.05) is 0 Å². The smallest absolute Gasteiger partial charge is 0.141 e. The molecule has 3 aliphatic heterocycles.